The first-order chi connectivity index (χ1) is 7.08. The standard InChI is InChI=1S/C8H20O5PSi/c1-5-12-14(9)13-7-6-8-15(4,10-2)11-3/h5-8H2,1-4H3/q+1. The number of hydrogen-bond acceptors (Lipinski definition) is 5. The van der Waals surface area contributed by atoms with Crippen molar-refractivity contribution >= 4 is 16.8 Å². The van der Waals surface area contributed by atoms with E-state index in [0.717, 1.165) is 12.5 Å². The highest BCUT2D eigenvalue weighted by Gasteiger charge is 2.28. The molecule has 7 heteroatoms. The molecule has 0 amide bonds. The van der Waals surface area contributed by atoms with Gasteiger partial charge in [0.15, 0.2) is 0 Å². The van der Waals surface area contributed by atoms with Crippen LogP contribution >= 0.6 is 8.25 Å². The fourth-order valence-corrected chi connectivity index (χ4v) is 2.89. The van der Waals surface area contributed by atoms with Crippen LogP contribution in [0.4, 0.5) is 0 Å². The Bertz CT molecular complexity index is 186. The second-order valence-corrected chi connectivity index (χ2v) is 7.67. The maximum absolute atomic E-state index is 11.0. The van der Waals surface area contributed by atoms with Gasteiger partial charge in [-0.1, -0.05) is 0 Å². The van der Waals surface area contributed by atoms with Crippen LogP contribution in [0.1, 0.15) is 13.3 Å². The number of hydrogen-bond donors (Lipinski definition) is 0. The van der Waals surface area contributed by atoms with Crippen LogP contribution in [0.15, 0.2) is 0 Å². The molecule has 0 spiro atoms. The van der Waals surface area contributed by atoms with E-state index in [9.17, 15) is 4.57 Å². The first-order valence-electron chi connectivity index (χ1n) is 4.91. The molecule has 0 heterocycles. The van der Waals surface area contributed by atoms with Gasteiger partial charge >= 0.3 is 16.8 Å². The minimum atomic E-state index is -2.00. The SMILES string of the molecule is CCO[P+](=O)OCCC[Si](C)(OC)OC. The Morgan fingerprint density at radius 2 is 1.80 bits per heavy atom. The minimum Gasteiger partial charge on any atom is -0.398 e. The Kier molecular flexibility index (Phi) is 8.41. The second-order valence-electron chi connectivity index (χ2n) is 3.12. The van der Waals surface area contributed by atoms with E-state index in [-0.39, 0.29) is 0 Å². The van der Waals surface area contributed by atoms with Gasteiger partial charge in [0.1, 0.15) is 13.2 Å². The first kappa shape index (κ1) is 15.2. The molecule has 0 aliphatic heterocycles. The largest absolute Gasteiger partial charge is 0.697 e. The van der Waals surface area contributed by atoms with Gasteiger partial charge in [0.05, 0.1) is 0 Å². The average Bonchev–Trinajstić information content (AvgIpc) is 2.24. The van der Waals surface area contributed by atoms with Crippen molar-refractivity contribution in [3.8, 4) is 0 Å². The summed E-state index contributed by atoms with van der Waals surface area (Å²) >= 11 is 0. The van der Waals surface area contributed by atoms with Gasteiger partial charge in [-0.2, -0.15) is 0 Å². The highest BCUT2D eigenvalue weighted by atomic mass is 31.1. The van der Waals surface area contributed by atoms with Crippen LogP contribution in [0.5, 0.6) is 0 Å². The molecule has 0 aromatic carbocycles. The van der Waals surface area contributed by atoms with Crippen molar-refractivity contribution in [1.82, 2.24) is 0 Å². The molecule has 5 nitrogen and oxygen atoms in total. The van der Waals surface area contributed by atoms with Gasteiger partial charge < -0.3 is 8.85 Å². The summed E-state index contributed by atoms with van der Waals surface area (Å²) in [5.41, 5.74) is 0. The lowest BCUT2D eigenvalue weighted by atomic mass is 10.5. The van der Waals surface area contributed by atoms with Crippen molar-refractivity contribution in [2.24, 2.45) is 0 Å². The second kappa shape index (κ2) is 8.33. The molecule has 0 aliphatic rings. The Hall–Kier alpha value is 0.157. The van der Waals surface area contributed by atoms with Crippen LogP contribution in [0.25, 0.3) is 0 Å². The molecule has 0 rings (SSSR count). The Balaban J connectivity index is 3.57. The van der Waals surface area contributed by atoms with Gasteiger partial charge in [0, 0.05) is 18.8 Å². The lowest BCUT2D eigenvalue weighted by molar-refractivity contribution is 0.222. The fourth-order valence-electron chi connectivity index (χ4n) is 0.963. The van der Waals surface area contributed by atoms with E-state index in [0.29, 0.717) is 13.2 Å². The topological polar surface area (TPSA) is 54.0 Å². The van der Waals surface area contributed by atoms with Crippen molar-refractivity contribution in [2.75, 3.05) is 27.4 Å². The molecule has 0 saturated carbocycles. The van der Waals surface area contributed by atoms with Gasteiger partial charge in [-0.3, -0.25) is 0 Å². The van der Waals surface area contributed by atoms with Gasteiger partial charge in [-0.05, 0) is 25.9 Å². The summed E-state index contributed by atoms with van der Waals surface area (Å²) in [7, 11) is -0.656. The third-order valence-electron chi connectivity index (χ3n) is 2.07. The summed E-state index contributed by atoms with van der Waals surface area (Å²) in [4.78, 5) is 0. The van der Waals surface area contributed by atoms with E-state index in [1.54, 1.807) is 21.1 Å². The quantitative estimate of drug-likeness (QED) is 0.360. The van der Waals surface area contributed by atoms with E-state index in [1.807, 2.05) is 6.55 Å². The van der Waals surface area contributed by atoms with Crippen LogP contribution in [0.2, 0.25) is 12.6 Å². The van der Waals surface area contributed by atoms with Crippen LogP contribution in [-0.4, -0.2) is 36.0 Å². The van der Waals surface area contributed by atoms with E-state index >= 15 is 0 Å². The molecular weight excluding hydrogens is 235 g/mol. The van der Waals surface area contributed by atoms with Gasteiger partial charge in [-0.25, -0.2) is 0 Å². The normalized spacial score (nSPS) is 12.9. The predicted octanol–water partition coefficient (Wildman–Crippen LogP) is 2.45. The Morgan fingerprint density at radius 1 is 1.20 bits per heavy atom. The van der Waals surface area contributed by atoms with E-state index < -0.39 is 16.8 Å². The van der Waals surface area contributed by atoms with Crippen molar-refractivity contribution in [3.05, 3.63) is 0 Å². The minimum absolute atomic E-state index is 0.401. The summed E-state index contributed by atoms with van der Waals surface area (Å²) in [5, 5.41) is 0. The third-order valence-corrected chi connectivity index (χ3v) is 5.92. The lowest BCUT2D eigenvalue weighted by Gasteiger charge is -2.21. The molecule has 0 fully saturated rings. The highest BCUT2D eigenvalue weighted by molar-refractivity contribution is 7.33. The first-order valence-corrected chi connectivity index (χ1v) is 8.53. The summed E-state index contributed by atoms with van der Waals surface area (Å²) in [6.45, 7) is 4.56. The smallest absolute Gasteiger partial charge is 0.398 e. The zero-order chi connectivity index (χ0) is 11.7. The van der Waals surface area contributed by atoms with Gasteiger partial charge in [-0.15, -0.1) is 9.05 Å². The van der Waals surface area contributed by atoms with Crippen LogP contribution in [0.3, 0.4) is 0 Å². The molecule has 0 aromatic heterocycles. The zero-order valence-electron chi connectivity index (χ0n) is 9.82. The number of rotatable bonds is 9. The molecule has 1 unspecified atom stereocenters. The van der Waals surface area contributed by atoms with Crippen LogP contribution < -0.4 is 0 Å². The zero-order valence-corrected chi connectivity index (χ0v) is 11.7. The summed E-state index contributed by atoms with van der Waals surface area (Å²) in [5.74, 6) is 0. The maximum atomic E-state index is 11.0. The summed E-state index contributed by atoms with van der Waals surface area (Å²) in [6, 6.07) is 0.815. The average molecular weight is 255 g/mol. The molecule has 0 N–H and O–H groups in total. The Labute approximate surface area is 93.3 Å². The van der Waals surface area contributed by atoms with Crippen molar-refractivity contribution in [2.45, 2.75) is 25.9 Å². The molecule has 0 bridgehead atoms. The van der Waals surface area contributed by atoms with Crippen molar-refractivity contribution in [1.29, 1.82) is 0 Å². The van der Waals surface area contributed by atoms with E-state index in [2.05, 4.69) is 0 Å². The highest BCUT2D eigenvalue weighted by Crippen LogP contribution is 2.24. The molecule has 90 valence electrons. The molecule has 15 heavy (non-hydrogen) atoms. The molecule has 1 atom stereocenters. The molecular formula is C8H20O5PSi+. The molecule has 0 radical (unpaired) electrons. The Morgan fingerprint density at radius 3 is 2.27 bits per heavy atom. The monoisotopic (exact) mass is 255 g/mol. The van der Waals surface area contributed by atoms with Crippen LogP contribution in [0, 0.1) is 0 Å². The predicted molar refractivity (Wildman–Crippen MR) is 60.2 cm³/mol. The molecule has 0 saturated heterocycles. The molecule has 0 aromatic rings. The van der Waals surface area contributed by atoms with Crippen molar-refractivity contribution < 1.29 is 22.5 Å². The molecule has 0 aliphatic carbocycles. The lowest BCUT2D eigenvalue weighted by Crippen LogP contribution is -2.36. The van der Waals surface area contributed by atoms with Gasteiger partial charge in [0.25, 0.3) is 0 Å². The summed E-state index contributed by atoms with van der Waals surface area (Å²) in [6.07, 6.45) is 0.762. The van der Waals surface area contributed by atoms with Crippen LogP contribution in [-0.2, 0) is 22.5 Å². The maximum Gasteiger partial charge on any atom is 0.697 e. The van der Waals surface area contributed by atoms with Gasteiger partial charge in [0.2, 0.25) is 0 Å². The third kappa shape index (κ3) is 7.11. The fraction of sp³-hybridized carbons (Fsp3) is 1.00. The summed E-state index contributed by atoms with van der Waals surface area (Å²) < 4.78 is 31.3. The van der Waals surface area contributed by atoms with E-state index in [4.69, 9.17) is 17.9 Å². The van der Waals surface area contributed by atoms with E-state index in [1.165, 1.54) is 0 Å². The van der Waals surface area contributed by atoms with Crippen molar-refractivity contribution in [3.63, 3.8) is 0 Å².